The smallest absolute Gasteiger partial charge is 0.116 e. The van der Waals surface area contributed by atoms with Gasteiger partial charge in [-0.15, -0.1) is 22.7 Å². The van der Waals surface area contributed by atoms with Crippen molar-refractivity contribution in [2.45, 2.75) is 130 Å². The second kappa shape index (κ2) is 18.9. The molecule has 4 nitrogen and oxygen atoms in total. The maximum Gasteiger partial charge on any atom is 0.116 e. The maximum absolute atomic E-state index is 5.47. The van der Waals surface area contributed by atoms with Gasteiger partial charge >= 0.3 is 0 Å². The molecule has 296 valence electrons. The van der Waals surface area contributed by atoms with E-state index >= 15 is 0 Å². The van der Waals surface area contributed by atoms with Gasteiger partial charge in [0.05, 0.1) is 23.1 Å². The minimum absolute atomic E-state index is 0.833. The van der Waals surface area contributed by atoms with Crippen LogP contribution in [-0.4, -0.2) is 18.7 Å². The first-order valence-corrected chi connectivity index (χ1v) is 24.3. The van der Waals surface area contributed by atoms with Crippen LogP contribution >= 0.6 is 34.4 Å². The highest BCUT2D eigenvalue weighted by Gasteiger charge is 2.26. The molecule has 0 spiro atoms. The standard InChI is InChI=1S/C50H58N4S3/c1-5-9-13-33(7-3)17-19-35-21-25-37(26-22-35)41-29-31-43(55-41)45-47-48(52-40-16-12-11-15-39(40)51-47)46(50-49(45)53-57-54-50)44-32-30-42(56-44)38-27-23-36(24-28-38)20-18-34(8-4)14-10-6-2/h21-34H,5-20H2,1-4H3. The van der Waals surface area contributed by atoms with Gasteiger partial charge in [-0.2, -0.15) is 8.75 Å². The zero-order valence-electron chi connectivity index (χ0n) is 34.4. The number of aryl methyl sites for hydroxylation is 4. The molecule has 8 rings (SSSR count). The van der Waals surface area contributed by atoms with Crippen LogP contribution in [0.5, 0.6) is 0 Å². The van der Waals surface area contributed by atoms with Crippen molar-refractivity contribution in [3.63, 3.8) is 0 Å². The molecule has 1 aliphatic rings. The summed E-state index contributed by atoms with van der Waals surface area (Å²) in [5, 5.41) is 0. The molecule has 7 heteroatoms. The first-order chi connectivity index (χ1) is 28.1. The average molecular weight is 811 g/mol. The number of hydrogen-bond donors (Lipinski definition) is 0. The molecule has 0 fully saturated rings. The number of rotatable bonds is 18. The van der Waals surface area contributed by atoms with E-state index < -0.39 is 0 Å². The Morgan fingerprint density at radius 3 is 1.32 bits per heavy atom. The molecule has 3 aromatic carbocycles. The Kier molecular flexibility index (Phi) is 13.2. The number of fused-ring (bicyclic) bond motifs is 3. The number of nitrogens with zero attached hydrogens (tertiary/aromatic N) is 4. The Hall–Kier alpha value is -3.78. The zero-order valence-corrected chi connectivity index (χ0v) is 36.9. The monoisotopic (exact) mass is 810 g/mol. The van der Waals surface area contributed by atoms with Crippen LogP contribution < -0.4 is 0 Å². The molecule has 2 atom stereocenters. The number of thiophene rings is 2. The third-order valence-electron chi connectivity index (χ3n) is 12.5. The Labute approximate surface area is 352 Å². The molecule has 0 saturated carbocycles. The summed E-state index contributed by atoms with van der Waals surface area (Å²) in [4.78, 5) is 15.8. The van der Waals surface area contributed by atoms with Crippen molar-refractivity contribution in [3.05, 3.63) is 95.3 Å². The quantitative estimate of drug-likeness (QED) is 0.0866. The molecule has 0 saturated heterocycles. The zero-order chi connectivity index (χ0) is 39.1. The fraction of sp³-hybridized carbons (Fsp3) is 0.440. The van der Waals surface area contributed by atoms with Gasteiger partial charge in [0.1, 0.15) is 22.1 Å². The molecular weight excluding hydrogens is 753 g/mol. The van der Waals surface area contributed by atoms with Crippen molar-refractivity contribution in [2.75, 3.05) is 0 Å². The molecule has 0 N–H and O–H groups in total. The van der Waals surface area contributed by atoms with Gasteiger partial charge in [0, 0.05) is 30.6 Å². The van der Waals surface area contributed by atoms with Gasteiger partial charge in [0.2, 0.25) is 0 Å². The van der Waals surface area contributed by atoms with E-state index in [1.54, 1.807) is 0 Å². The molecule has 0 radical (unpaired) electrons. The van der Waals surface area contributed by atoms with E-state index in [-0.39, 0.29) is 0 Å². The molecule has 0 amide bonds. The van der Waals surface area contributed by atoms with Crippen LogP contribution in [0, 0.1) is 11.8 Å². The molecule has 0 aliphatic heterocycles. The summed E-state index contributed by atoms with van der Waals surface area (Å²) in [7, 11) is 0. The lowest BCUT2D eigenvalue weighted by atomic mass is 9.92. The van der Waals surface area contributed by atoms with Crippen LogP contribution in [0.2, 0.25) is 0 Å². The van der Waals surface area contributed by atoms with Gasteiger partial charge < -0.3 is 0 Å². The average Bonchev–Trinajstić information content (AvgIpc) is 4.05. The van der Waals surface area contributed by atoms with E-state index in [4.69, 9.17) is 18.7 Å². The van der Waals surface area contributed by atoms with Gasteiger partial charge in [0.15, 0.2) is 0 Å². The summed E-state index contributed by atoms with van der Waals surface area (Å²) in [6, 6.07) is 27.7. The third-order valence-corrected chi connectivity index (χ3v) is 15.3. The largest absolute Gasteiger partial charge is 0.248 e. The lowest BCUT2D eigenvalue weighted by Gasteiger charge is -2.17. The lowest BCUT2D eigenvalue weighted by molar-refractivity contribution is 0.422. The van der Waals surface area contributed by atoms with Gasteiger partial charge in [-0.25, -0.2) is 9.97 Å². The summed E-state index contributed by atoms with van der Waals surface area (Å²) >= 11 is 4.96. The van der Waals surface area contributed by atoms with Crippen molar-refractivity contribution in [1.82, 2.24) is 18.7 Å². The van der Waals surface area contributed by atoms with Crippen molar-refractivity contribution in [3.8, 4) is 41.8 Å². The summed E-state index contributed by atoms with van der Waals surface area (Å²) < 4.78 is 10.00. The number of hydrogen-bond acceptors (Lipinski definition) is 7. The van der Waals surface area contributed by atoms with Crippen molar-refractivity contribution < 1.29 is 0 Å². The molecule has 57 heavy (non-hydrogen) atoms. The molecule has 2 unspecified atom stereocenters. The Bertz CT molecular complexity index is 2220. The highest BCUT2D eigenvalue weighted by atomic mass is 32.1. The highest BCUT2D eigenvalue weighted by molar-refractivity contribution is 7.19. The first-order valence-electron chi connectivity index (χ1n) is 21.9. The summed E-state index contributed by atoms with van der Waals surface area (Å²) in [6.07, 6.45) is 19.7. The van der Waals surface area contributed by atoms with Crippen molar-refractivity contribution >= 4 is 56.5 Å². The molecule has 4 heterocycles. The van der Waals surface area contributed by atoms with Crippen molar-refractivity contribution in [2.24, 2.45) is 11.8 Å². The fourth-order valence-corrected chi connectivity index (χ4v) is 11.5. The molecule has 7 aromatic rings. The van der Waals surface area contributed by atoms with Crippen LogP contribution in [0.3, 0.4) is 0 Å². The maximum atomic E-state index is 5.47. The second-order valence-corrected chi connectivity index (χ2v) is 19.1. The van der Waals surface area contributed by atoms with E-state index in [0.717, 1.165) is 94.9 Å². The van der Waals surface area contributed by atoms with Crippen molar-refractivity contribution in [1.29, 1.82) is 0 Å². The fourth-order valence-electron chi connectivity index (χ4n) is 8.80. The Balaban J connectivity index is 1.10. The Morgan fingerprint density at radius 1 is 0.491 bits per heavy atom. The first kappa shape index (κ1) is 40.0. The SMILES string of the molecule is CCCCC(CC)CCc1ccc(-c2ccc(-c3c4nsnc4c(-c4ccc(-c5ccc(CCC(CC)CCCC)cc5)s4)c4nc5c(nc34)CCCC5)s2)cc1. The minimum Gasteiger partial charge on any atom is -0.248 e. The van der Waals surface area contributed by atoms with Crippen LogP contribution in [0.25, 0.3) is 63.8 Å². The van der Waals surface area contributed by atoms with E-state index in [9.17, 15) is 0 Å². The van der Waals surface area contributed by atoms with Crippen LogP contribution in [0.1, 0.15) is 127 Å². The van der Waals surface area contributed by atoms with Crippen LogP contribution in [0.15, 0.2) is 72.8 Å². The van der Waals surface area contributed by atoms with Gasteiger partial charge in [0.25, 0.3) is 0 Å². The summed E-state index contributed by atoms with van der Waals surface area (Å²) in [6.45, 7) is 9.29. The number of aromatic nitrogens is 4. The summed E-state index contributed by atoms with van der Waals surface area (Å²) in [5.41, 5.74) is 13.7. The molecule has 4 aromatic heterocycles. The predicted molar refractivity (Wildman–Crippen MR) is 248 cm³/mol. The number of unbranched alkanes of at least 4 members (excludes halogenated alkanes) is 2. The van der Waals surface area contributed by atoms with Crippen LogP contribution in [0.4, 0.5) is 0 Å². The second-order valence-electron chi connectivity index (χ2n) is 16.4. The third kappa shape index (κ3) is 8.96. The van der Waals surface area contributed by atoms with Gasteiger partial charge in [-0.1, -0.05) is 128 Å². The molecule has 0 bridgehead atoms. The van der Waals surface area contributed by atoms with Crippen LogP contribution in [-0.2, 0) is 25.7 Å². The Morgan fingerprint density at radius 2 is 0.912 bits per heavy atom. The highest BCUT2D eigenvalue weighted by Crippen LogP contribution is 2.47. The number of benzene rings is 3. The van der Waals surface area contributed by atoms with Gasteiger partial charge in [-0.05, 0) is 110 Å². The summed E-state index contributed by atoms with van der Waals surface area (Å²) in [5.74, 6) is 1.67. The normalized spacial score (nSPS) is 14.0. The van der Waals surface area contributed by atoms with E-state index in [2.05, 4.69) is 100 Å². The lowest BCUT2D eigenvalue weighted by Crippen LogP contribution is -2.09. The topological polar surface area (TPSA) is 51.6 Å². The molecule has 1 aliphatic carbocycles. The predicted octanol–water partition coefficient (Wildman–Crippen LogP) is 15.6. The van der Waals surface area contributed by atoms with E-state index in [1.807, 2.05) is 22.7 Å². The van der Waals surface area contributed by atoms with E-state index in [1.165, 1.54) is 118 Å². The molecular formula is C50H58N4S3. The minimum atomic E-state index is 0.833. The van der Waals surface area contributed by atoms with E-state index in [0.29, 0.717) is 0 Å². The van der Waals surface area contributed by atoms with Gasteiger partial charge in [-0.3, -0.25) is 0 Å².